The van der Waals surface area contributed by atoms with Crippen molar-refractivity contribution in [3.63, 3.8) is 0 Å². The van der Waals surface area contributed by atoms with Crippen LogP contribution in [0.5, 0.6) is 5.75 Å². The van der Waals surface area contributed by atoms with Crippen molar-refractivity contribution in [3.8, 4) is 5.75 Å². The van der Waals surface area contributed by atoms with Crippen molar-refractivity contribution in [2.45, 2.75) is 6.18 Å². The molecule has 0 unspecified atom stereocenters. The molecule has 0 aromatic heterocycles. The number of alkyl halides is 3. The Bertz CT molecular complexity index is 705. The van der Waals surface area contributed by atoms with Gasteiger partial charge in [-0.1, -0.05) is 18.2 Å². The first-order chi connectivity index (χ1) is 10.3. The summed E-state index contributed by atoms with van der Waals surface area (Å²) < 4.78 is 37.8. The SMILES string of the molecule is OB(O)c1ccccc1N=Nc1cc(C(F)(F)F)ccc1O. The Morgan fingerprint density at radius 3 is 2.18 bits per heavy atom. The molecule has 0 heterocycles. The predicted molar refractivity (Wildman–Crippen MR) is 73.6 cm³/mol. The molecular weight excluding hydrogens is 300 g/mol. The average molecular weight is 310 g/mol. The van der Waals surface area contributed by atoms with Crippen LogP contribution in [-0.4, -0.2) is 22.3 Å². The number of hydrogen-bond donors (Lipinski definition) is 3. The molecule has 9 heteroatoms. The smallest absolute Gasteiger partial charge is 0.490 e. The lowest BCUT2D eigenvalue weighted by atomic mass is 9.79. The quantitative estimate of drug-likeness (QED) is 0.601. The number of phenolic OH excluding ortho intramolecular Hbond substituents is 1. The molecule has 0 aliphatic heterocycles. The predicted octanol–water partition coefficient (Wildman–Crippen LogP) is 2.51. The fraction of sp³-hybridized carbons (Fsp3) is 0.0769. The Kier molecular flexibility index (Phi) is 4.48. The Morgan fingerprint density at radius 1 is 0.909 bits per heavy atom. The van der Waals surface area contributed by atoms with Crippen LogP contribution in [0.1, 0.15) is 5.56 Å². The maximum Gasteiger partial charge on any atom is 0.490 e. The van der Waals surface area contributed by atoms with E-state index in [9.17, 15) is 18.3 Å². The highest BCUT2D eigenvalue weighted by Crippen LogP contribution is 2.36. The standard InChI is InChI=1S/C13H10BF3N2O3/c15-13(16,17)8-5-6-12(20)11(7-8)19-18-10-4-2-1-3-9(10)14(21)22/h1-7,20-22H. The van der Waals surface area contributed by atoms with Crippen molar-refractivity contribution in [1.29, 1.82) is 0 Å². The third-order valence-corrected chi connectivity index (χ3v) is 2.78. The summed E-state index contributed by atoms with van der Waals surface area (Å²) in [6, 6.07) is 8.11. The number of azo groups is 1. The molecule has 0 fully saturated rings. The summed E-state index contributed by atoms with van der Waals surface area (Å²) in [6.45, 7) is 0. The second kappa shape index (κ2) is 6.16. The number of hydrogen-bond acceptors (Lipinski definition) is 5. The lowest BCUT2D eigenvalue weighted by Crippen LogP contribution is -2.29. The van der Waals surface area contributed by atoms with Crippen molar-refractivity contribution >= 4 is 24.0 Å². The van der Waals surface area contributed by atoms with E-state index in [2.05, 4.69) is 10.2 Å². The fourth-order valence-electron chi connectivity index (χ4n) is 1.68. The van der Waals surface area contributed by atoms with E-state index >= 15 is 0 Å². The van der Waals surface area contributed by atoms with Gasteiger partial charge in [-0.05, 0) is 24.3 Å². The first-order valence-electron chi connectivity index (χ1n) is 6.06. The topological polar surface area (TPSA) is 85.4 Å². The number of aromatic hydroxyl groups is 1. The minimum Gasteiger partial charge on any atom is -0.506 e. The zero-order valence-electron chi connectivity index (χ0n) is 11.0. The molecule has 0 aliphatic rings. The maximum absolute atomic E-state index is 12.6. The molecule has 22 heavy (non-hydrogen) atoms. The van der Waals surface area contributed by atoms with Gasteiger partial charge in [0.2, 0.25) is 0 Å². The third kappa shape index (κ3) is 3.63. The zero-order chi connectivity index (χ0) is 16.3. The van der Waals surface area contributed by atoms with Crippen LogP contribution in [0.2, 0.25) is 0 Å². The molecule has 0 saturated heterocycles. The second-order valence-electron chi connectivity index (χ2n) is 4.33. The number of nitrogens with zero attached hydrogens (tertiary/aromatic N) is 2. The lowest BCUT2D eigenvalue weighted by Gasteiger charge is -2.07. The van der Waals surface area contributed by atoms with Crippen LogP contribution in [-0.2, 0) is 6.18 Å². The van der Waals surface area contributed by atoms with Gasteiger partial charge in [0.1, 0.15) is 11.4 Å². The number of benzene rings is 2. The highest BCUT2D eigenvalue weighted by atomic mass is 19.4. The van der Waals surface area contributed by atoms with Gasteiger partial charge in [0.05, 0.1) is 11.3 Å². The van der Waals surface area contributed by atoms with Crippen LogP contribution in [0.3, 0.4) is 0 Å². The average Bonchev–Trinajstić information content (AvgIpc) is 2.45. The first-order valence-corrected chi connectivity index (χ1v) is 6.06. The van der Waals surface area contributed by atoms with E-state index in [0.29, 0.717) is 6.07 Å². The molecule has 0 saturated carbocycles. The first kappa shape index (κ1) is 16.0. The van der Waals surface area contributed by atoms with Crippen LogP contribution < -0.4 is 5.46 Å². The summed E-state index contributed by atoms with van der Waals surface area (Å²) in [5.74, 6) is -0.473. The highest BCUT2D eigenvalue weighted by molar-refractivity contribution is 6.60. The van der Waals surface area contributed by atoms with E-state index in [0.717, 1.165) is 12.1 Å². The molecule has 0 amide bonds. The summed E-state index contributed by atoms with van der Waals surface area (Å²) in [7, 11) is -1.80. The van der Waals surface area contributed by atoms with E-state index in [1.165, 1.54) is 18.2 Å². The molecule has 5 nitrogen and oxygen atoms in total. The summed E-state index contributed by atoms with van der Waals surface area (Å²) in [4.78, 5) is 0. The molecule has 0 aliphatic carbocycles. The van der Waals surface area contributed by atoms with E-state index < -0.39 is 24.6 Å². The van der Waals surface area contributed by atoms with E-state index in [-0.39, 0.29) is 16.8 Å². The highest BCUT2D eigenvalue weighted by Gasteiger charge is 2.31. The molecule has 0 atom stereocenters. The van der Waals surface area contributed by atoms with Gasteiger partial charge in [0.25, 0.3) is 0 Å². The van der Waals surface area contributed by atoms with Crippen LogP contribution in [0.15, 0.2) is 52.7 Å². The maximum atomic E-state index is 12.6. The van der Waals surface area contributed by atoms with Crippen LogP contribution in [0.25, 0.3) is 0 Å². The van der Waals surface area contributed by atoms with Crippen molar-refractivity contribution in [2.24, 2.45) is 10.2 Å². The number of rotatable bonds is 3. The van der Waals surface area contributed by atoms with Crippen molar-refractivity contribution < 1.29 is 28.3 Å². The van der Waals surface area contributed by atoms with Gasteiger partial charge in [-0.15, -0.1) is 5.11 Å². The molecule has 2 aromatic rings. The number of phenols is 1. The molecule has 114 valence electrons. The molecule has 0 radical (unpaired) electrons. The van der Waals surface area contributed by atoms with Gasteiger partial charge in [-0.3, -0.25) is 0 Å². The van der Waals surface area contributed by atoms with Gasteiger partial charge >= 0.3 is 13.3 Å². The van der Waals surface area contributed by atoms with Gasteiger partial charge in [-0.2, -0.15) is 18.3 Å². The molecular formula is C13H10BF3N2O3. The van der Waals surface area contributed by atoms with E-state index in [4.69, 9.17) is 10.0 Å². The van der Waals surface area contributed by atoms with Crippen molar-refractivity contribution in [1.82, 2.24) is 0 Å². The molecule has 3 N–H and O–H groups in total. The monoisotopic (exact) mass is 310 g/mol. The molecule has 2 aromatic carbocycles. The normalized spacial score (nSPS) is 11.9. The Balaban J connectivity index is 2.39. The lowest BCUT2D eigenvalue weighted by molar-refractivity contribution is -0.137. The van der Waals surface area contributed by atoms with Crippen molar-refractivity contribution in [2.75, 3.05) is 0 Å². The Hall–Kier alpha value is -2.39. The molecule has 2 rings (SSSR count). The molecule has 0 bridgehead atoms. The second-order valence-corrected chi connectivity index (χ2v) is 4.33. The summed E-state index contributed by atoms with van der Waals surface area (Å²) in [6.07, 6.45) is -4.57. The third-order valence-electron chi connectivity index (χ3n) is 2.78. The van der Waals surface area contributed by atoms with Gasteiger partial charge in [0.15, 0.2) is 0 Å². The van der Waals surface area contributed by atoms with Crippen LogP contribution in [0.4, 0.5) is 24.5 Å². The Labute approximate surface area is 123 Å². The zero-order valence-corrected chi connectivity index (χ0v) is 11.0. The Morgan fingerprint density at radius 2 is 1.55 bits per heavy atom. The van der Waals surface area contributed by atoms with Crippen LogP contribution in [0, 0.1) is 0 Å². The minimum atomic E-state index is -4.57. The summed E-state index contributed by atoms with van der Waals surface area (Å²) in [5, 5.41) is 35.1. The van der Waals surface area contributed by atoms with E-state index in [1.807, 2.05) is 0 Å². The van der Waals surface area contributed by atoms with Crippen molar-refractivity contribution in [3.05, 3.63) is 48.0 Å². The van der Waals surface area contributed by atoms with Gasteiger partial charge in [0, 0.05) is 5.46 Å². The largest absolute Gasteiger partial charge is 0.506 e. The molecule has 0 spiro atoms. The number of halogens is 3. The van der Waals surface area contributed by atoms with E-state index in [1.54, 1.807) is 6.07 Å². The minimum absolute atomic E-state index is 0.0396. The summed E-state index contributed by atoms with van der Waals surface area (Å²) in [5.41, 5.74) is -1.25. The fourth-order valence-corrected chi connectivity index (χ4v) is 1.68. The van der Waals surface area contributed by atoms with Gasteiger partial charge in [-0.25, -0.2) is 0 Å². The summed E-state index contributed by atoms with van der Waals surface area (Å²) >= 11 is 0. The van der Waals surface area contributed by atoms with Gasteiger partial charge < -0.3 is 15.2 Å². The van der Waals surface area contributed by atoms with Crippen LogP contribution >= 0.6 is 0 Å².